The van der Waals surface area contributed by atoms with Crippen LogP contribution in [0.4, 0.5) is 0 Å². The van der Waals surface area contributed by atoms with Crippen LogP contribution < -0.4 is 0 Å². The summed E-state index contributed by atoms with van der Waals surface area (Å²) in [6.45, 7) is -0.115. The number of aromatic nitrogens is 1. The number of pyridine rings is 1. The Balaban J connectivity index is 2.82. The van der Waals surface area contributed by atoms with E-state index in [1.165, 1.54) is 0 Å². The number of halogens is 1. The van der Waals surface area contributed by atoms with Crippen LogP contribution in [-0.4, -0.2) is 16.7 Å². The molecule has 1 aromatic heterocycles. The third kappa shape index (κ3) is 2.71. The van der Waals surface area contributed by atoms with Gasteiger partial charge in [0.2, 0.25) is 0 Å². The monoisotopic (exact) mass is 211 g/mol. The minimum atomic E-state index is -0.115. The van der Waals surface area contributed by atoms with Gasteiger partial charge in [-0.15, -0.1) is 0 Å². The Morgan fingerprint density at radius 2 is 2.36 bits per heavy atom. The molecule has 0 bridgehead atoms. The smallest absolute Gasteiger partial charge is 0.106 e. The van der Waals surface area contributed by atoms with Crippen molar-refractivity contribution >= 4 is 15.9 Å². The number of aliphatic hydroxyl groups excluding tert-OH is 1. The van der Waals surface area contributed by atoms with Crippen molar-refractivity contribution in [3.05, 3.63) is 28.5 Å². The van der Waals surface area contributed by atoms with Gasteiger partial charge in [0.1, 0.15) is 11.2 Å². The van der Waals surface area contributed by atoms with Crippen molar-refractivity contribution in [3.8, 4) is 11.8 Å². The SMILES string of the molecule is OCC#Cc1ccc(Br)nc1. The number of nitrogens with zero attached hydrogens (tertiary/aromatic N) is 1. The molecule has 0 aliphatic heterocycles. The van der Waals surface area contributed by atoms with Crippen molar-refractivity contribution in [1.82, 2.24) is 4.98 Å². The number of aliphatic hydroxyl groups is 1. The van der Waals surface area contributed by atoms with Crippen LogP contribution in [0.2, 0.25) is 0 Å². The molecule has 0 amide bonds. The predicted molar refractivity (Wildman–Crippen MR) is 45.9 cm³/mol. The van der Waals surface area contributed by atoms with Crippen LogP contribution in [0.3, 0.4) is 0 Å². The lowest BCUT2D eigenvalue weighted by Crippen LogP contribution is -1.79. The second-order valence-corrected chi connectivity index (χ2v) is 2.64. The van der Waals surface area contributed by atoms with Crippen molar-refractivity contribution < 1.29 is 5.11 Å². The molecule has 0 saturated heterocycles. The maximum absolute atomic E-state index is 8.38. The Kier molecular flexibility index (Phi) is 3.09. The van der Waals surface area contributed by atoms with E-state index in [4.69, 9.17) is 5.11 Å². The highest BCUT2D eigenvalue weighted by Gasteiger charge is 1.86. The predicted octanol–water partition coefficient (Wildman–Crippen LogP) is 1.19. The van der Waals surface area contributed by atoms with E-state index in [0.29, 0.717) is 0 Å². The molecule has 1 heterocycles. The van der Waals surface area contributed by atoms with Gasteiger partial charge in [0, 0.05) is 11.8 Å². The van der Waals surface area contributed by atoms with Gasteiger partial charge in [-0.3, -0.25) is 0 Å². The van der Waals surface area contributed by atoms with Crippen LogP contribution in [-0.2, 0) is 0 Å². The first-order valence-corrected chi connectivity index (χ1v) is 3.83. The Morgan fingerprint density at radius 3 is 2.91 bits per heavy atom. The van der Waals surface area contributed by atoms with Crippen molar-refractivity contribution in [1.29, 1.82) is 0 Å². The molecule has 11 heavy (non-hydrogen) atoms. The molecule has 0 atom stereocenters. The Labute approximate surface area is 73.4 Å². The summed E-state index contributed by atoms with van der Waals surface area (Å²) in [4.78, 5) is 3.96. The second-order valence-electron chi connectivity index (χ2n) is 1.83. The highest BCUT2D eigenvalue weighted by Crippen LogP contribution is 2.04. The fraction of sp³-hybridized carbons (Fsp3) is 0.125. The molecule has 1 N–H and O–H groups in total. The molecule has 1 rings (SSSR count). The van der Waals surface area contributed by atoms with Crippen LogP contribution in [0.15, 0.2) is 22.9 Å². The van der Waals surface area contributed by atoms with Crippen LogP contribution in [0, 0.1) is 11.8 Å². The lowest BCUT2D eigenvalue weighted by molar-refractivity contribution is 0.350. The first-order chi connectivity index (χ1) is 5.33. The van der Waals surface area contributed by atoms with Gasteiger partial charge in [-0.05, 0) is 28.1 Å². The second kappa shape index (κ2) is 4.12. The minimum Gasteiger partial charge on any atom is -0.384 e. The van der Waals surface area contributed by atoms with Gasteiger partial charge in [-0.2, -0.15) is 0 Å². The summed E-state index contributed by atoms with van der Waals surface area (Å²) in [6.07, 6.45) is 1.65. The van der Waals surface area contributed by atoms with Crippen LogP contribution in [0.25, 0.3) is 0 Å². The van der Waals surface area contributed by atoms with E-state index in [2.05, 4.69) is 32.8 Å². The fourth-order valence-corrected chi connectivity index (χ4v) is 0.826. The molecule has 0 aliphatic carbocycles. The van der Waals surface area contributed by atoms with E-state index >= 15 is 0 Å². The van der Waals surface area contributed by atoms with Crippen LogP contribution >= 0.6 is 15.9 Å². The summed E-state index contributed by atoms with van der Waals surface area (Å²) < 4.78 is 0.784. The van der Waals surface area contributed by atoms with E-state index in [-0.39, 0.29) is 6.61 Å². The van der Waals surface area contributed by atoms with Gasteiger partial charge in [-0.1, -0.05) is 11.8 Å². The maximum Gasteiger partial charge on any atom is 0.106 e. The third-order valence-corrected chi connectivity index (χ3v) is 1.51. The summed E-state index contributed by atoms with van der Waals surface area (Å²) >= 11 is 3.20. The first kappa shape index (κ1) is 8.25. The molecule has 0 spiro atoms. The zero-order chi connectivity index (χ0) is 8.10. The summed E-state index contributed by atoms with van der Waals surface area (Å²) in [5, 5.41) is 8.38. The van der Waals surface area contributed by atoms with Crippen molar-refractivity contribution in [2.24, 2.45) is 0 Å². The molecular formula is C8H6BrNO. The zero-order valence-electron chi connectivity index (χ0n) is 5.71. The van der Waals surface area contributed by atoms with Crippen LogP contribution in [0.5, 0.6) is 0 Å². The minimum absolute atomic E-state index is 0.115. The molecule has 0 fully saturated rings. The molecular weight excluding hydrogens is 206 g/mol. The standard InChI is InChI=1S/C8H6BrNO/c9-8-4-3-7(6-10-8)2-1-5-11/h3-4,6,11H,5H2. The van der Waals surface area contributed by atoms with Crippen LogP contribution in [0.1, 0.15) is 5.56 Å². The van der Waals surface area contributed by atoms with Gasteiger partial charge < -0.3 is 5.11 Å². The normalized spacial score (nSPS) is 8.55. The van der Waals surface area contributed by atoms with Crippen molar-refractivity contribution in [2.75, 3.05) is 6.61 Å². The van der Waals surface area contributed by atoms with Gasteiger partial charge in [0.25, 0.3) is 0 Å². The van der Waals surface area contributed by atoms with Crippen molar-refractivity contribution in [2.45, 2.75) is 0 Å². The first-order valence-electron chi connectivity index (χ1n) is 3.04. The molecule has 2 nitrogen and oxygen atoms in total. The Hall–Kier alpha value is -0.850. The Bertz CT molecular complexity index is 283. The topological polar surface area (TPSA) is 33.1 Å². The van der Waals surface area contributed by atoms with E-state index in [1.807, 2.05) is 6.07 Å². The molecule has 56 valence electrons. The molecule has 0 aromatic carbocycles. The average molecular weight is 212 g/mol. The number of hydrogen-bond donors (Lipinski definition) is 1. The largest absolute Gasteiger partial charge is 0.384 e. The quantitative estimate of drug-likeness (QED) is 0.517. The molecule has 0 aliphatic rings. The summed E-state index contributed by atoms with van der Waals surface area (Å²) in [7, 11) is 0. The maximum atomic E-state index is 8.38. The third-order valence-electron chi connectivity index (χ3n) is 1.04. The molecule has 3 heteroatoms. The highest BCUT2D eigenvalue weighted by atomic mass is 79.9. The number of hydrogen-bond acceptors (Lipinski definition) is 2. The van der Waals surface area contributed by atoms with E-state index < -0.39 is 0 Å². The summed E-state index contributed by atoms with van der Waals surface area (Å²) in [5.74, 6) is 5.27. The molecule has 0 unspecified atom stereocenters. The Morgan fingerprint density at radius 1 is 1.55 bits per heavy atom. The lowest BCUT2D eigenvalue weighted by atomic mass is 10.3. The lowest BCUT2D eigenvalue weighted by Gasteiger charge is -1.88. The number of rotatable bonds is 0. The fourth-order valence-electron chi connectivity index (χ4n) is 0.591. The van der Waals surface area contributed by atoms with Gasteiger partial charge in [0.05, 0.1) is 0 Å². The van der Waals surface area contributed by atoms with Gasteiger partial charge in [-0.25, -0.2) is 4.98 Å². The summed E-state index contributed by atoms with van der Waals surface area (Å²) in [6, 6.07) is 3.64. The van der Waals surface area contributed by atoms with E-state index in [9.17, 15) is 0 Å². The molecule has 0 saturated carbocycles. The van der Waals surface area contributed by atoms with Gasteiger partial charge >= 0.3 is 0 Å². The van der Waals surface area contributed by atoms with E-state index in [0.717, 1.165) is 10.2 Å². The van der Waals surface area contributed by atoms with Crippen molar-refractivity contribution in [3.63, 3.8) is 0 Å². The van der Waals surface area contributed by atoms with E-state index in [1.54, 1.807) is 12.3 Å². The molecule has 1 aromatic rings. The zero-order valence-corrected chi connectivity index (χ0v) is 7.30. The summed E-state index contributed by atoms with van der Waals surface area (Å²) in [5.41, 5.74) is 0.808. The highest BCUT2D eigenvalue weighted by molar-refractivity contribution is 9.10. The molecule has 0 radical (unpaired) electrons. The van der Waals surface area contributed by atoms with Gasteiger partial charge in [0.15, 0.2) is 0 Å². The average Bonchev–Trinajstić information content (AvgIpc) is 2.04.